The molecular weight excluding hydrogens is 604 g/mol. The number of furan rings is 1. The van der Waals surface area contributed by atoms with E-state index in [1.165, 1.54) is 0 Å². The smallest absolute Gasteiger partial charge is 0.261 e. The molecule has 0 aliphatic heterocycles. The number of nitrogens with zero attached hydrogens (tertiary/aromatic N) is 1. The van der Waals surface area contributed by atoms with Gasteiger partial charge < -0.3 is 23.6 Å². The van der Waals surface area contributed by atoms with Crippen LogP contribution >= 0.6 is 0 Å². The maximum absolute atomic E-state index is 13.4. The number of fused-ring (bicyclic) bond motifs is 1. The maximum Gasteiger partial charge on any atom is 0.261 e. The van der Waals surface area contributed by atoms with Gasteiger partial charge in [0.05, 0.1) is 12.0 Å². The molecule has 0 aliphatic rings. The van der Waals surface area contributed by atoms with E-state index in [0.29, 0.717) is 46.8 Å². The lowest BCUT2D eigenvalue weighted by atomic mass is 10.00. The largest absolute Gasteiger partial charge is 0.491 e. The fourth-order valence-electron chi connectivity index (χ4n) is 5.80. The summed E-state index contributed by atoms with van der Waals surface area (Å²) in [4.78, 5) is 13.4. The van der Waals surface area contributed by atoms with Crippen LogP contribution in [-0.4, -0.2) is 38.2 Å². The highest BCUT2D eigenvalue weighted by Crippen LogP contribution is 2.41. The number of benzene rings is 3. The lowest BCUT2D eigenvalue weighted by molar-refractivity contribution is 0.200. The zero-order valence-electron chi connectivity index (χ0n) is 26.8. The second kappa shape index (κ2) is 14.5. The molecule has 0 saturated carbocycles. The quantitative estimate of drug-likeness (QED) is 0.123. The van der Waals surface area contributed by atoms with Crippen molar-refractivity contribution >= 4 is 22.2 Å². The van der Waals surface area contributed by atoms with E-state index in [0.717, 1.165) is 57.5 Å². The maximum atomic E-state index is 13.4. The molecule has 0 radical (unpaired) electrons. The number of rotatable bonds is 13. The number of hydrogen-bond acceptors (Lipinski definition) is 6. The van der Waals surface area contributed by atoms with E-state index in [1.54, 1.807) is 23.9 Å². The minimum Gasteiger partial charge on any atom is -0.491 e. The fourth-order valence-corrected chi connectivity index (χ4v) is 6.08. The number of aryl methyl sites for hydroxylation is 5. The molecule has 1 unspecified atom stereocenters. The van der Waals surface area contributed by atoms with Crippen LogP contribution in [0.15, 0.2) is 70.0 Å². The number of aliphatic hydroxyl groups excluding tert-OH is 1. The first kappa shape index (κ1) is 33.2. The molecule has 10 heteroatoms. The molecule has 9 nitrogen and oxygen atoms in total. The molecule has 46 heavy (non-hydrogen) atoms. The van der Waals surface area contributed by atoms with Gasteiger partial charge in [0.2, 0.25) is 11.3 Å². The monoisotopic (exact) mass is 644 g/mol. The number of ether oxygens (including phenoxy) is 2. The molecule has 0 fully saturated rings. The molecular formula is C36H40N2O7S. The van der Waals surface area contributed by atoms with Crippen LogP contribution in [0, 0.1) is 13.8 Å². The third-order valence-corrected chi connectivity index (χ3v) is 8.51. The molecule has 0 amide bonds. The second-order valence-corrected chi connectivity index (χ2v) is 12.0. The molecule has 0 aliphatic carbocycles. The van der Waals surface area contributed by atoms with Gasteiger partial charge in [-0.05, 0) is 91.3 Å². The normalized spacial score (nSPS) is 12.1. The molecule has 5 rings (SSSR count). The van der Waals surface area contributed by atoms with Crippen LogP contribution in [0.25, 0.3) is 33.4 Å². The summed E-state index contributed by atoms with van der Waals surface area (Å²) in [5.41, 5.74) is 7.33. The van der Waals surface area contributed by atoms with Crippen molar-refractivity contribution < 1.29 is 27.8 Å². The first-order valence-electron chi connectivity index (χ1n) is 15.4. The van der Waals surface area contributed by atoms with Gasteiger partial charge >= 0.3 is 0 Å². The molecule has 1 atom stereocenters. The summed E-state index contributed by atoms with van der Waals surface area (Å²) in [6.07, 6.45) is 3.86. The highest BCUT2D eigenvalue weighted by molar-refractivity contribution is 7.77. The van der Waals surface area contributed by atoms with E-state index in [2.05, 4.69) is 30.7 Å². The van der Waals surface area contributed by atoms with Crippen molar-refractivity contribution in [3.63, 3.8) is 0 Å². The number of para-hydroxylation sites is 1. The SMILES string of the molecule is CCc1cccc(CC)c1Oc1ccc(CCNS(=O)O)cc1-c1cn(C)c(=O)c2cc(-c3cc(C)c(OCCO)c(C)c3)oc12. The summed E-state index contributed by atoms with van der Waals surface area (Å²) in [5.74, 6) is 2.67. The molecule has 0 saturated heterocycles. The molecule has 0 spiro atoms. The van der Waals surface area contributed by atoms with Gasteiger partial charge in [-0.3, -0.25) is 9.35 Å². The zero-order chi connectivity index (χ0) is 33.0. The summed E-state index contributed by atoms with van der Waals surface area (Å²) in [6.45, 7) is 8.48. The van der Waals surface area contributed by atoms with Crippen molar-refractivity contribution in [1.29, 1.82) is 0 Å². The van der Waals surface area contributed by atoms with Gasteiger partial charge in [-0.25, -0.2) is 8.93 Å². The highest BCUT2D eigenvalue weighted by atomic mass is 32.2. The Balaban J connectivity index is 1.69. The van der Waals surface area contributed by atoms with Gasteiger partial charge in [0.1, 0.15) is 35.2 Å². The predicted molar refractivity (Wildman–Crippen MR) is 182 cm³/mol. The van der Waals surface area contributed by atoms with Gasteiger partial charge in [0.25, 0.3) is 5.56 Å². The van der Waals surface area contributed by atoms with Crippen LogP contribution in [-0.2, 0) is 37.6 Å². The highest BCUT2D eigenvalue weighted by Gasteiger charge is 2.21. The van der Waals surface area contributed by atoms with Gasteiger partial charge in [0.15, 0.2) is 0 Å². The standard InChI is InChI=1S/C36H40N2O7S/c1-6-25-9-8-10-26(7-2)34(25)44-31-12-11-24(13-14-37-46(41)42)19-28(31)30-21-38(5)36(40)29-20-32(45-35(29)30)27-17-22(3)33(23(4)18-27)43-16-15-39/h8-12,17-21,37,39H,6-7,13-16H2,1-5H3,(H,41,42). The Morgan fingerprint density at radius 1 is 0.957 bits per heavy atom. The number of aliphatic hydroxyl groups is 1. The fraction of sp³-hybridized carbons (Fsp3) is 0.306. The molecule has 3 aromatic carbocycles. The summed E-state index contributed by atoms with van der Waals surface area (Å²) in [5, 5.41) is 9.65. The Morgan fingerprint density at radius 3 is 2.28 bits per heavy atom. The van der Waals surface area contributed by atoms with Crippen molar-refractivity contribution in [2.24, 2.45) is 7.05 Å². The Morgan fingerprint density at radius 2 is 1.65 bits per heavy atom. The third kappa shape index (κ3) is 6.95. The molecule has 242 valence electrons. The number of nitrogens with one attached hydrogen (secondary N) is 1. The number of hydrogen-bond donors (Lipinski definition) is 3. The summed E-state index contributed by atoms with van der Waals surface area (Å²) in [7, 11) is 1.71. The number of pyridine rings is 1. The van der Waals surface area contributed by atoms with Gasteiger partial charge in [-0.1, -0.05) is 38.1 Å². The Hall–Kier alpha value is -4.22. The van der Waals surface area contributed by atoms with Gasteiger partial charge in [-0.15, -0.1) is 0 Å². The lowest BCUT2D eigenvalue weighted by Gasteiger charge is -2.18. The predicted octanol–water partition coefficient (Wildman–Crippen LogP) is 6.64. The molecule has 5 aromatic rings. The Bertz CT molecular complexity index is 1920. The molecule has 3 N–H and O–H groups in total. The molecule has 0 bridgehead atoms. The first-order valence-corrected chi connectivity index (χ1v) is 16.5. The Labute approximate surface area is 271 Å². The van der Waals surface area contributed by atoms with Crippen LogP contribution < -0.4 is 19.8 Å². The van der Waals surface area contributed by atoms with E-state index in [1.807, 2.05) is 50.2 Å². The van der Waals surface area contributed by atoms with E-state index in [9.17, 15) is 18.7 Å². The summed E-state index contributed by atoms with van der Waals surface area (Å²) >= 11 is -2.11. The van der Waals surface area contributed by atoms with Crippen LogP contribution in [0.4, 0.5) is 0 Å². The summed E-state index contributed by atoms with van der Waals surface area (Å²) in [6, 6.07) is 17.7. The third-order valence-electron chi connectivity index (χ3n) is 8.06. The van der Waals surface area contributed by atoms with E-state index >= 15 is 0 Å². The average Bonchev–Trinajstić information content (AvgIpc) is 3.49. The second-order valence-electron chi connectivity index (χ2n) is 11.3. The van der Waals surface area contributed by atoms with Crippen LogP contribution in [0.1, 0.15) is 41.7 Å². The van der Waals surface area contributed by atoms with Crippen molar-refractivity contribution in [2.45, 2.75) is 47.0 Å². The minimum atomic E-state index is -2.11. The first-order chi connectivity index (χ1) is 22.1. The van der Waals surface area contributed by atoms with Crippen LogP contribution in [0.3, 0.4) is 0 Å². The molecule has 2 aromatic heterocycles. The van der Waals surface area contributed by atoms with E-state index in [4.69, 9.17) is 13.9 Å². The van der Waals surface area contributed by atoms with Crippen LogP contribution in [0.2, 0.25) is 0 Å². The topological polar surface area (TPSA) is 123 Å². The lowest BCUT2D eigenvalue weighted by Crippen LogP contribution is -2.19. The van der Waals surface area contributed by atoms with Crippen LogP contribution in [0.5, 0.6) is 17.2 Å². The Kier molecular flexibility index (Phi) is 10.4. The van der Waals surface area contributed by atoms with Crippen molar-refractivity contribution in [3.8, 4) is 39.7 Å². The van der Waals surface area contributed by atoms with Crippen molar-refractivity contribution in [1.82, 2.24) is 9.29 Å². The minimum absolute atomic E-state index is 0.0789. The molecule has 2 heterocycles. The zero-order valence-corrected chi connectivity index (χ0v) is 27.6. The van der Waals surface area contributed by atoms with Gasteiger partial charge in [0, 0.05) is 36.5 Å². The van der Waals surface area contributed by atoms with Gasteiger partial charge in [-0.2, -0.15) is 0 Å². The average molecular weight is 645 g/mol. The van der Waals surface area contributed by atoms with E-state index < -0.39 is 11.3 Å². The van der Waals surface area contributed by atoms with Crippen molar-refractivity contribution in [3.05, 3.63) is 99.0 Å². The number of aromatic nitrogens is 1. The van der Waals surface area contributed by atoms with Crippen molar-refractivity contribution in [2.75, 3.05) is 19.8 Å². The van der Waals surface area contributed by atoms with E-state index in [-0.39, 0.29) is 18.8 Å². The summed E-state index contributed by atoms with van der Waals surface area (Å²) < 4.78 is 43.5.